The SMILES string of the molecule is C[S@@](=O)c1ccc(C(=O)NCc2ccccc2CN2CCCC2=O)cc1. The second-order valence-electron chi connectivity index (χ2n) is 6.35. The van der Waals surface area contributed by atoms with E-state index in [0.717, 1.165) is 24.1 Å². The summed E-state index contributed by atoms with van der Waals surface area (Å²) in [5, 5.41) is 2.92. The van der Waals surface area contributed by atoms with Gasteiger partial charge in [0.25, 0.3) is 5.91 Å². The molecule has 3 rings (SSSR count). The molecule has 136 valence electrons. The Bertz CT molecular complexity index is 833. The van der Waals surface area contributed by atoms with E-state index < -0.39 is 10.8 Å². The number of nitrogens with zero attached hydrogens (tertiary/aromatic N) is 1. The molecule has 0 aliphatic carbocycles. The monoisotopic (exact) mass is 370 g/mol. The standard InChI is InChI=1S/C20H22N2O3S/c1-26(25)18-10-8-15(9-11-18)20(24)21-13-16-5-2-3-6-17(16)14-22-12-4-7-19(22)23/h2-3,5-6,8-11H,4,7,12-14H2,1H3,(H,21,24)/t26-/m1/s1. The van der Waals surface area contributed by atoms with Crippen molar-refractivity contribution in [2.24, 2.45) is 0 Å². The molecule has 2 aromatic rings. The molecule has 1 fully saturated rings. The lowest BCUT2D eigenvalue weighted by Gasteiger charge is -2.18. The number of carbonyl (C=O) groups excluding carboxylic acids is 2. The van der Waals surface area contributed by atoms with Crippen LogP contribution in [-0.4, -0.2) is 33.7 Å². The van der Waals surface area contributed by atoms with Gasteiger partial charge in [-0.3, -0.25) is 13.8 Å². The first-order chi connectivity index (χ1) is 12.5. The zero-order valence-electron chi connectivity index (χ0n) is 14.7. The smallest absolute Gasteiger partial charge is 0.251 e. The summed E-state index contributed by atoms with van der Waals surface area (Å²) in [4.78, 5) is 26.8. The summed E-state index contributed by atoms with van der Waals surface area (Å²) in [5.41, 5.74) is 2.60. The lowest BCUT2D eigenvalue weighted by Crippen LogP contribution is -2.26. The third kappa shape index (κ3) is 4.38. The van der Waals surface area contributed by atoms with Crippen LogP contribution in [-0.2, 0) is 28.7 Å². The maximum atomic E-state index is 12.4. The van der Waals surface area contributed by atoms with Gasteiger partial charge < -0.3 is 10.2 Å². The number of rotatable bonds is 6. The van der Waals surface area contributed by atoms with Crippen molar-refractivity contribution in [2.45, 2.75) is 30.8 Å². The average Bonchev–Trinajstić information content (AvgIpc) is 3.05. The first-order valence-electron chi connectivity index (χ1n) is 8.61. The lowest BCUT2D eigenvalue weighted by atomic mass is 10.1. The van der Waals surface area contributed by atoms with Crippen LogP contribution in [0.25, 0.3) is 0 Å². The zero-order chi connectivity index (χ0) is 18.5. The Morgan fingerprint density at radius 2 is 1.81 bits per heavy atom. The van der Waals surface area contributed by atoms with Crippen molar-refractivity contribution in [1.82, 2.24) is 10.2 Å². The summed E-state index contributed by atoms with van der Waals surface area (Å²) in [6.07, 6.45) is 3.14. The van der Waals surface area contributed by atoms with Gasteiger partial charge in [0.2, 0.25) is 5.91 Å². The lowest BCUT2D eigenvalue weighted by molar-refractivity contribution is -0.128. The minimum Gasteiger partial charge on any atom is -0.348 e. The Hall–Kier alpha value is -2.47. The molecule has 6 heteroatoms. The summed E-state index contributed by atoms with van der Waals surface area (Å²) in [7, 11) is -1.06. The molecule has 0 spiro atoms. The number of hydrogen-bond donors (Lipinski definition) is 1. The summed E-state index contributed by atoms with van der Waals surface area (Å²) in [6.45, 7) is 1.78. The fourth-order valence-electron chi connectivity index (χ4n) is 3.04. The first kappa shape index (κ1) is 18.3. The van der Waals surface area contributed by atoms with Crippen molar-refractivity contribution in [1.29, 1.82) is 0 Å². The van der Waals surface area contributed by atoms with Crippen LogP contribution in [0.3, 0.4) is 0 Å². The maximum Gasteiger partial charge on any atom is 0.251 e. The molecule has 5 nitrogen and oxygen atoms in total. The van der Waals surface area contributed by atoms with Gasteiger partial charge in [-0.1, -0.05) is 24.3 Å². The molecule has 0 saturated carbocycles. The molecule has 0 aromatic heterocycles. The van der Waals surface area contributed by atoms with E-state index in [4.69, 9.17) is 0 Å². The molecule has 1 atom stereocenters. The molecule has 0 unspecified atom stereocenters. The van der Waals surface area contributed by atoms with Crippen molar-refractivity contribution in [3.63, 3.8) is 0 Å². The fraction of sp³-hybridized carbons (Fsp3) is 0.300. The van der Waals surface area contributed by atoms with Crippen LogP contribution in [0, 0.1) is 0 Å². The molecule has 2 amide bonds. The Labute approximate surface area is 155 Å². The van der Waals surface area contributed by atoms with Gasteiger partial charge in [0.15, 0.2) is 0 Å². The predicted octanol–water partition coefficient (Wildman–Crippen LogP) is 2.48. The van der Waals surface area contributed by atoms with Gasteiger partial charge in [-0.15, -0.1) is 0 Å². The topological polar surface area (TPSA) is 66.5 Å². The van der Waals surface area contributed by atoms with Crippen LogP contribution in [0.1, 0.15) is 34.3 Å². The molecule has 1 N–H and O–H groups in total. The first-order valence-corrected chi connectivity index (χ1v) is 10.2. The second kappa shape index (κ2) is 8.27. The Kier molecular flexibility index (Phi) is 5.83. The van der Waals surface area contributed by atoms with E-state index in [1.54, 1.807) is 30.5 Å². The summed E-state index contributed by atoms with van der Waals surface area (Å²) >= 11 is 0. The molecular weight excluding hydrogens is 348 g/mol. The van der Waals surface area contributed by atoms with Gasteiger partial charge in [0.1, 0.15) is 0 Å². The van der Waals surface area contributed by atoms with E-state index in [2.05, 4.69) is 5.32 Å². The van der Waals surface area contributed by atoms with Crippen LogP contribution in [0.5, 0.6) is 0 Å². The number of likely N-dealkylation sites (tertiary alicyclic amines) is 1. The molecule has 1 saturated heterocycles. The van der Waals surface area contributed by atoms with Crippen LogP contribution >= 0.6 is 0 Å². The molecule has 1 heterocycles. The van der Waals surface area contributed by atoms with Crippen LogP contribution in [0.15, 0.2) is 53.4 Å². The van der Waals surface area contributed by atoms with E-state index in [9.17, 15) is 13.8 Å². The highest BCUT2D eigenvalue weighted by atomic mass is 32.2. The molecule has 2 aromatic carbocycles. The zero-order valence-corrected chi connectivity index (χ0v) is 15.6. The largest absolute Gasteiger partial charge is 0.348 e. The van der Waals surface area contributed by atoms with Gasteiger partial charge in [-0.05, 0) is 41.8 Å². The molecule has 1 aliphatic rings. The van der Waals surface area contributed by atoms with Gasteiger partial charge in [0.05, 0.1) is 0 Å². The van der Waals surface area contributed by atoms with Gasteiger partial charge in [-0.25, -0.2) is 0 Å². The highest BCUT2D eigenvalue weighted by Gasteiger charge is 2.21. The van der Waals surface area contributed by atoms with Gasteiger partial charge in [-0.2, -0.15) is 0 Å². The van der Waals surface area contributed by atoms with Gasteiger partial charge in [0, 0.05) is 53.6 Å². The molecule has 0 bridgehead atoms. The Balaban J connectivity index is 1.64. The number of benzene rings is 2. The number of nitrogens with one attached hydrogen (secondary N) is 1. The van der Waals surface area contributed by atoms with Crippen molar-refractivity contribution >= 4 is 22.6 Å². The number of amides is 2. The molecule has 0 radical (unpaired) electrons. The summed E-state index contributed by atoms with van der Waals surface area (Å²) in [5.74, 6) is 0.0164. The van der Waals surface area contributed by atoms with Crippen molar-refractivity contribution in [3.8, 4) is 0 Å². The predicted molar refractivity (Wildman–Crippen MR) is 101 cm³/mol. The van der Waals surface area contributed by atoms with Crippen LogP contribution in [0.4, 0.5) is 0 Å². The average molecular weight is 370 g/mol. The number of carbonyl (C=O) groups is 2. The Morgan fingerprint density at radius 1 is 1.12 bits per heavy atom. The van der Waals surface area contributed by atoms with E-state index in [1.807, 2.05) is 29.2 Å². The van der Waals surface area contributed by atoms with Crippen molar-refractivity contribution in [2.75, 3.05) is 12.8 Å². The quantitative estimate of drug-likeness (QED) is 0.849. The second-order valence-corrected chi connectivity index (χ2v) is 7.73. The molecule has 26 heavy (non-hydrogen) atoms. The summed E-state index contributed by atoms with van der Waals surface area (Å²) in [6, 6.07) is 14.6. The van der Waals surface area contributed by atoms with E-state index in [-0.39, 0.29) is 11.8 Å². The van der Waals surface area contributed by atoms with E-state index >= 15 is 0 Å². The highest BCUT2D eigenvalue weighted by molar-refractivity contribution is 7.84. The minimum atomic E-state index is -1.06. The number of hydrogen-bond acceptors (Lipinski definition) is 3. The van der Waals surface area contributed by atoms with Crippen LogP contribution < -0.4 is 5.32 Å². The fourth-order valence-corrected chi connectivity index (χ4v) is 3.56. The van der Waals surface area contributed by atoms with Crippen molar-refractivity contribution in [3.05, 3.63) is 65.2 Å². The van der Waals surface area contributed by atoms with Crippen LogP contribution in [0.2, 0.25) is 0 Å². The maximum absolute atomic E-state index is 12.4. The third-order valence-corrected chi connectivity index (χ3v) is 5.47. The normalized spacial score (nSPS) is 15.1. The molecular formula is C20H22N2O3S. The third-order valence-electron chi connectivity index (χ3n) is 4.54. The van der Waals surface area contributed by atoms with Crippen molar-refractivity contribution < 1.29 is 13.8 Å². The van der Waals surface area contributed by atoms with E-state index in [0.29, 0.717) is 30.0 Å². The van der Waals surface area contributed by atoms with Gasteiger partial charge >= 0.3 is 0 Å². The Morgan fingerprint density at radius 3 is 2.42 bits per heavy atom. The van der Waals surface area contributed by atoms with E-state index in [1.165, 1.54) is 0 Å². The molecule has 1 aliphatic heterocycles. The summed E-state index contributed by atoms with van der Waals surface area (Å²) < 4.78 is 11.4. The minimum absolute atomic E-state index is 0.175. The highest BCUT2D eigenvalue weighted by Crippen LogP contribution is 2.17.